The number of carbonyl (C=O) groups excluding carboxylic acids is 3. The number of anilines is 3. The van der Waals surface area contributed by atoms with E-state index in [9.17, 15) is 32.3 Å². The summed E-state index contributed by atoms with van der Waals surface area (Å²) in [6.07, 6.45) is -4.67. The molecular weight excluding hydrogens is 650 g/mol. The fourth-order valence-electron chi connectivity index (χ4n) is 6.22. The average Bonchev–Trinajstić information content (AvgIpc) is 3.49. The first-order chi connectivity index (χ1) is 22.4. The number of halogens is 3. The lowest BCUT2D eigenvalue weighted by molar-refractivity contribution is -0.137. The van der Waals surface area contributed by atoms with Gasteiger partial charge >= 0.3 is 11.0 Å². The van der Waals surface area contributed by atoms with Gasteiger partial charge in [0.05, 0.1) is 22.2 Å². The predicted octanol–water partition coefficient (Wildman–Crippen LogP) is 6.52. The molecule has 0 radical (unpaired) electrons. The maximum atomic E-state index is 14.1. The van der Waals surface area contributed by atoms with E-state index >= 15 is 0 Å². The van der Waals surface area contributed by atoms with Gasteiger partial charge in [-0.3, -0.25) is 23.7 Å². The Balaban J connectivity index is 1.42. The van der Waals surface area contributed by atoms with E-state index in [0.29, 0.717) is 21.2 Å². The Morgan fingerprint density at radius 2 is 1.64 bits per heavy atom. The summed E-state index contributed by atoms with van der Waals surface area (Å²) in [7, 11) is 0. The van der Waals surface area contributed by atoms with Crippen LogP contribution in [0.25, 0.3) is 0 Å². The Kier molecular flexibility index (Phi) is 8.79. The van der Waals surface area contributed by atoms with Crippen molar-refractivity contribution < 1.29 is 27.6 Å². The number of aromatic nitrogens is 1. The van der Waals surface area contributed by atoms with E-state index in [2.05, 4.69) is 10.2 Å². The molecule has 4 aromatic rings. The van der Waals surface area contributed by atoms with E-state index in [4.69, 9.17) is 0 Å². The van der Waals surface area contributed by atoms with Crippen molar-refractivity contribution in [2.24, 2.45) is 5.92 Å². The largest absolute Gasteiger partial charge is 0.416 e. The molecule has 244 valence electrons. The first kappa shape index (κ1) is 32.6. The zero-order valence-corrected chi connectivity index (χ0v) is 27.3. The Labute approximate surface area is 277 Å². The molecule has 0 bridgehead atoms. The van der Waals surface area contributed by atoms with Crippen molar-refractivity contribution >= 4 is 57.9 Å². The summed E-state index contributed by atoms with van der Waals surface area (Å²) >= 11 is 1.92. The average molecular weight is 681 g/mol. The van der Waals surface area contributed by atoms with Crippen LogP contribution in [0.1, 0.15) is 41.3 Å². The smallest absolute Gasteiger partial charge is 0.372 e. The lowest BCUT2D eigenvalue weighted by Gasteiger charge is -2.31. The van der Waals surface area contributed by atoms with Gasteiger partial charge in [0.1, 0.15) is 11.8 Å². The summed E-state index contributed by atoms with van der Waals surface area (Å²) in [5.74, 6) is -3.48. The van der Waals surface area contributed by atoms with Crippen LogP contribution < -0.4 is 20.0 Å². The molecule has 3 amide bonds. The van der Waals surface area contributed by atoms with E-state index in [0.717, 1.165) is 64.5 Å². The summed E-state index contributed by atoms with van der Waals surface area (Å²) in [6.45, 7) is 7.15. The molecule has 3 aromatic carbocycles. The van der Waals surface area contributed by atoms with Crippen molar-refractivity contribution in [2.75, 3.05) is 28.2 Å². The summed E-state index contributed by atoms with van der Waals surface area (Å²) < 4.78 is 42.1. The van der Waals surface area contributed by atoms with Gasteiger partial charge in [0, 0.05) is 35.3 Å². The highest BCUT2D eigenvalue weighted by Gasteiger charge is 2.57. The van der Waals surface area contributed by atoms with Crippen molar-refractivity contribution in [1.82, 2.24) is 4.57 Å². The van der Waals surface area contributed by atoms with Gasteiger partial charge in [0.2, 0.25) is 17.7 Å². The van der Waals surface area contributed by atoms with Gasteiger partial charge in [-0.15, -0.1) is 0 Å². The number of aryl methyl sites for hydroxylation is 1. The Hall–Kier alpha value is -4.36. The highest BCUT2D eigenvalue weighted by molar-refractivity contribution is 8.00. The van der Waals surface area contributed by atoms with E-state index in [-0.39, 0.29) is 12.2 Å². The molecule has 0 saturated carbocycles. The highest BCUT2D eigenvalue weighted by Crippen LogP contribution is 2.54. The fourth-order valence-corrected chi connectivity index (χ4v) is 8.99. The van der Waals surface area contributed by atoms with Gasteiger partial charge in [-0.25, -0.2) is 4.90 Å². The van der Waals surface area contributed by atoms with Crippen molar-refractivity contribution in [3.63, 3.8) is 0 Å². The number of para-hydroxylation sites is 1. The topological polar surface area (TPSA) is 91.7 Å². The molecule has 6 rings (SSSR count). The maximum absolute atomic E-state index is 14.1. The van der Waals surface area contributed by atoms with Gasteiger partial charge in [0.15, 0.2) is 0 Å². The lowest BCUT2D eigenvalue weighted by Crippen LogP contribution is -2.33. The van der Waals surface area contributed by atoms with Crippen LogP contribution in [0.15, 0.2) is 82.6 Å². The lowest BCUT2D eigenvalue weighted by atomic mass is 9.83. The van der Waals surface area contributed by atoms with Gasteiger partial charge < -0.3 is 10.2 Å². The van der Waals surface area contributed by atoms with Crippen LogP contribution >= 0.6 is 23.1 Å². The minimum absolute atomic E-state index is 0.168. The molecular formula is C34H31F3N4O4S2. The number of hydrogen-bond donors (Lipinski definition) is 1. The number of thiazole rings is 1. The third-order valence-corrected chi connectivity index (χ3v) is 11.2. The predicted molar refractivity (Wildman–Crippen MR) is 177 cm³/mol. The normalized spacial score (nSPS) is 19.0. The van der Waals surface area contributed by atoms with E-state index < -0.39 is 51.4 Å². The van der Waals surface area contributed by atoms with Crippen LogP contribution in [-0.4, -0.2) is 40.6 Å². The van der Waals surface area contributed by atoms with E-state index in [1.165, 1.54) is 16.7 Å². The fraction of sp³-hybridized carbons (Fsp3) is 0.294. The standard InChI is InChI=1S/C34H31F3N4O4S2/c1-4-39(5-2)22-15-13-20(14-16-22)26-27-28(31(44)41(30(27)43)23-11-8-10-21(17-23)34(35,36)37)46-32-29(26)47-33(45)40(32)18-25(42)38-24-12-7-6-9-19(24)3/h6-17,26-28H,4-5,18H2,1-3H3,(H,38,42)/t26-,27-,28+/m0/s1. The van der Waals surface area contributed by atoms with Crippen LogP contribution in [0.2, 0.25) is 0 Å². The van der Waals surface area contributed by atoms with E-state index in [1.54, 1.807) is 12.1 Å². The second kappa shape index (κ2) is 12.7. The van der Waals surface area contributed by atoms with Crippen molar-refractivity contribution in [1.29, 1.82) is 0 Å². The number of imide groups is 1. The van der Waals surface area contributed by atoms with Crippen LogP contribution in [0.3, 0.4) is 0 Å². The number of nitrogens with one attached hydrogen (secondary N) is 1. The molecule has 1 aromatic heterocycles. The third-order valence-electron chi connectivity index (χ3n) is 8.58. The Bertz CT molecular complexity index is 1920. The zero-order valence-electron chi connectivity index (χ0n) is 25.7. The summed E-state index contributed by atoms with van der Waals surface area (Å²) in [5.41, 5.74) is 1.94. The molecule has 2 aliphatic rings. The van der Waals surface area contributed by atoms with Gasteiger partial charge in [-0.05, 0) is 68.3 Å². The second-order valence-electron chi connectivity index (χ2n) is 11.4. The summed E-state index contributed by atoms with van der Waals surface area (Å²) in [4.78, 5) is 57.8. The Morgan fingerprint density at radius 1 is 0.936 bits per heavy atom. The van der Waals surface area contributed by atoms with Gasteiger partial charge in [0.25, 0.3) is 0 Å². The summed E-state index contributed by atoms with van der Waals surface area (Å²) in [6, 6.07) is 18.9. The van der Waals surface area contributed by atoms with Crippen LogP contribution in [0, 0.1) is 12.8 Å². The maximum Gasteiger partial charge on any atom is 0.416 e. The second-order valence-corrected chi connectivity index (χ2v) is 13.5. The third kappa shape index (κ3) is 5.98. The highest BCUT2D eigenvalue weighted by atomic mass is 32.2. The molecule has 1 saturated heterocycles. The minimum Gasteiger partial charge on any atom is -0.372 e. The molecule has 0 spiro atoms. The first-order valence-electron chi connectivity index (χ1n) is 15.1. The minimum atomic E-state index is -4.67. The SMILES string of the molecule is CCN(CC)c1ccc([C@@H]2c3sc(=O)n(CC(=O)Nc4ccccc4C)c3S[C@H]3C(=O)N(c4cccc(C(F)(F)F)c4)C(=O)[C@@H]23)cc1. The monoisotopic (exact) mass is 680 g/mol. The number of carbonyl (C=O) groups is 3. The molecule has 2 aliphatic heterocycles. The van der Waals surface area contributed by atoms with Crippen LogP contribution in [-0.2, 0) is 27.1 Å². The molecule has 3 heterocycles. The van der Waals surface area contributed by atoms with Crippen molar-refractivity contribution in [3.05, 3.63) is 104 Å². The molecule has 1 N–H and O–H groups in total. The number of thioether (sulfide) groups is 1. The van der Waals surface area contributed by atoms with Gasteiger partial charge in [-0.2, -0.15) is 13.2 Å². The quantitative estimate of drug-likeness (QED) is 0.213. The molecule has 0 aliphatic carbocycles. The number of alkyl halides is 3. The molecule has 0 unspecified atom stereocenters. The van der Waals surface area contributed by atoms with Crippen molar-refractivity contribution in [2.45, 2.75) is 49.7 Å². The number of amides is 3. The number of benzene rings is 3. The molecule has 47 heavy (non-hydrogen) atoms. The first-order valence-corrected chi connectivity index (χ1v) is 16.8. The van der Waals surface area contributed by atoms with Crippen molar-refractivity contribution in [3.8, 4) is 0 Å². The number of rotatable bonds is 8. The Morgan fingerprint density at radius 3 is 2.30 bits per heavy atom. The molecule has 1 fully saturated rings. The number of nitrogens with zero attached hydrogens (tertiary/aromatic N) is 3. The number of fused-ring (bicyclic) bond motifs is 2. The molecule has 3 atom stereocenters. The van der Waals surface area contributed by atoms with E-state index in [1.807, 2.05) is 57.2 Å². The van der Waals surface area contributed by atoms with Crippen LogP contribution in [0.5, 0.6) is 0 Å². The zero-order chi connectivity index (χ0) is 33.6. The summed E-state index contributed by atoms with van der Waals surface area (Å²) in [5, 5.41) is 2.20. The molecule has 8 nitrogen and oxygen atoms in total. The van der Waals surface area contributed by atoms with Crippen LogP contribution in [0.4, 0.5) is 30.2 Å². The van der Waals surface area contributed by atoms with Gasteiger partial charge in [-0.1, -0.05) is 59.5 Å². The number of hydrogen-bond acceptors (Lipinski definition) is 7. The molecule has 13 heteroatoms.